The SMILES string of the molecule is C/C=C(\N=C(c1ccc(CO)cc1)C(C)CC)C(C)(F)F. The van der Waals surface area contributed by atoms with Crippen LogP contribution in [-0.2, 0) is 6.61 Å². The maximum Gasteiger partial charge on any atom is 0.286 e. The van der Waals surface area contributed by atoms with Crippen molar-refractivity contribution in [2.24, 2.45) is 10.9 Å². The van der Waals surface area contributed by atoms with E-state index in [0.717, 1.165) is 24.5 Å². The van der Waals surface area contributed by atoms with Crippen molar-refractivity contribution in [3.63, 3.8) is 0 Å². The average molecular weight is 295 g/mol. The largest absolute Gasteiger partial charge is 0.392 e. The Bertz CT molecular complexity index is 513. The summed E-state index contributed by atoms with van der Waals surface area (Å²) in [7, 11) is 0. The first-order valence-corrected chi connectivity index (χ1v) is 7.16. The maximum atomic E-state index is 13.5. The summed E-state index contributed by atoms with van der Waals surface area (Å²) in [6, 6.07) is 7.20. The fraction of sp³-hybridized carbons (Fsp3) is 0.471. The fourth-order valence-electron chi connectivity index (χ4n) is 1.98. The lowest BCUT2D eigenvalue weighted by Crippen LogP contribution is -2.18. The van der Waals surface area contributed by atoms with E-state index in [2.05, 4.69) is 4.99 Å². The van der Waals surface area contributed by atoms with Crippen LogP contribution in [-0.4, -0.2) is 16.7 Å². The van der Waals surface area contributed by atoms with Gasteiger partial charge in [0.1, 0.15) is 5.70 Å². The predicted octanol–water partition coefficient (Wildman–Crippen LogP) is 4.57. The van der Waals surface area contributed by atoms with Crippen LogP contribution in [0.15, 0.2) is 41.0 Å². The standard InChI is InChI=1S/C17H23F2NO/c1-5-12(3)16(20-15(6-2)17(4,18)19)14-9-7-13(11-21)8-10-14/h6-10,12,21H,5,11H2,1-4H3/b15-6-,20-16?. The Kier molecular flexibility index (Phi) is 6.21. The summed E-state index contributed by atoms with van der Waals surface area (Å²) < 4.78 is 27.1. The van der Waals surface area contributed by atoms with Gasteiger partial charge in [-0.25, -0.2) is 0 Å². The second-order valence-electron chi connectivity index (χ2n) is 5.22. The van der Waals surface area contributed by atoms with Crippen LogP contribution in [0.2, 0.25) is 0 Å². The smallest absolute Gasteiger partial charge is 0.286 e. The van der Waals surface area contributed by atoms with Crippen LogP contribution in [0.1, 0.15) is 45.2 Å². The number of alkyl halides is 2. The Morgan fingerprint density at radius 1 is 1.33 bits per heavy atom. The highest BCUT2D eigenvalue weighted by Crippen LogP contribution is 2.26. The molecule has 0 aliphatic rings. The molecule has 4 heteroatoms. The molecule has 0 aliphatic heterocycles. The van der Waals surface area contributed by atoms with E-state index < -0.39 is 5.92 Å². The van der Waals surface area contributed by atoms with Crippen molar-refractivity contribution in [2.45, 2.75) is 46.6 Å². The van der Waals surface area contributed by atoms with Gasteiger partial charge in [0.2, 0.25) is 0 Å². The third-order valence-electron chi connectivity index (χ3n) is 3.48. The lowest BCUT2D eigenvalue weighted by atomic mass is 9.95. The van der Waals surface area contributed by atoms with Gasteiger partial charge < -0.3 is 5.11 Å². The van der Waals surface area contributed by atoms with Crippen LogP contribution in [0.25, 0.3) is 0 Å². The maximum absolute atomic E-state index is 13.5. The zero-order valence-corrected chi connectivity index (χ0v) is 13.0. The number of hydrogen-bond acceptors (Lipinski definition) is 2. The van der Waals surface area contributed by atoms with Crippen LogP contribution >= 0.6 is 0 Å². The molecule has 0 amide bonds. The zero-order valence-electron chi connectivity index (χ0n) is 13.0. The summed E-state index contributed by atoms with van der Waals surface area (Å²) in [6.07, 6.45) is 2.16. The minimum absolute atomic E-state index is 0.0385. The van der Waals surface area contributed by atoms with Crippen LogP contribution in [0, 0.1) is 5.92 Å². The Labute approximate surface area is 125 Å². The second kappa shape index (κ2) is 7.46. The lowest BCUT2D eigenvalue weighted by Gasteiger charge is -2.17. The van der Waals surface area contributed by atoms with Crippen molar-refractivity contribution < 1.29 is 13.9 Å². The first-order chi connectivity index (χ1) is 9.83. The minimum atomic E-state index is -2.96. The number of hydrogen-bond donors (Lipinski definition) is 1. The molecule has 116 valence electrons. The molecule has 2 nitrogen and oxygen atoms in total. The van der Waals surface area contributed by atoms with E-state index in [1.165, 1.54) is 6.08 Å². The molecule has 1 atom stereocenters. The molecule has 0 saturated heterocycles. The number of allylic oxidation sites excluding steroid dienone is 2. The summed E-state index contributed by atoms with van der Waals surface area (Å²) in [6.45, 7) is 6.36. The second-order valence-corrected chi connectivity index (χ2v) is 5.22. The highest BCUT2D eigenvalue weighted by Gasteiger charge is 2.27. The van der Waals surface area contributed by atoms with E-state index >= 15 is 0 Å². The van der Waals surface area contributed by atoms with Gasteiger partial charge in [-0.05, 0) is 30.4 Å². The topological polar surface area (TPSA) is 32.6 Å². The minimum Gasteiger partial charge on any atom is -0.392 e. The van der Waals surface area contributed by atoms with Crippen molar-refractivity contribution in [3.05, 3.63) is 47.2 Å². The van der Waals surface area contributed by atoms with Crippen molar-refractivity contribution in [1.29, 1.82) is 0 Å². The Balaban J connectivity index is 3.28. The van der Waals surface area contributed by atoms with Gasteiger partial charge in [-0.15, -0.1) is 0 Å². The van der Waals surface area contributed by atoms with Crippen molar-refractivity contribution in [2.75, 3.05) is 0 Å². The van der Waals surface area contributed by atoms with Gasteiger partial charge in [0.05, 0.1) is 12.3 Å². The van der Waals surface area contributed by atoms with E-state index in [4.69, 9.17) is 5.11 Å². The number of halogens is 2. The summed E-state index contributed by atoms with van der Waals surface area (Å²) in [5.41, 5.74) is 2.03. The molecule has 1 aromatic rings. The van der Waals surface area contributed by atoms with Gasteiger partial charge in [0.15, 0.2) is 0 Å². The van der Waals surface area contributed by atoms with Crippen LogP contribution in [0.5, 0.6) is 0 Å². The number of aliphatic imine (C=N–C) groups is 1. The van der Waals surface area contributed by atoms with Crippen molar-refractivity contribution >= 4 is 5.71 Å². The highest BCUT2D eigenvalue weighted by atomic mass is 19.3. The monoisotopic (exact) mass is 295 g/mol. The third-order valence-corrected chi connectivity index (χ3v) is 3.48. The van der Waals surface area contributed by atoms with Gasteiger partial charge in [-0.2, -0.15) is 8.78 Å². The molecule has 0 saturated carbocycles. The van der Waals surface area contributed by atoms with Crippen molar-refractivity contribution in [3.8, 4) is 0 Å². The van der Waals surface area contributed by atoms with Crippen LogP contribution < -0.4 is 0 Å². The van der Waals surface area contributed by atoms with E-state index in [-0.39, 0.29) is 18.2 Å². The Morgan fingerprint density at radius 2 is 1.90 bits per heavy atom. The molecule has 0 spiro atoms. The number of aliphatic hydroxyl groups excluding tert-OH is 1. The number of nitrogens with zero attached hydrogens (tertiary/aromatic N) is 1. The first kappa shape index (κ1) is 17.5. The quantitative estimate of drug-likeness (QED) is 0.766. The summed E-state index contributed by atoms with van der Waals surface area (Å²) >= 11 is 0. The van der Waals surface area contributed by atoms with Crippen LogP contribution in [0.4, 0.5) is 8.78 Å². The first-order valence-electron chi connectivity index (χ1n) is 7.16. The number of benzene rings is 1. The fourth-order valence-corrected chi connectivity index (χ4v) is 1.98. The van der Waals surface area contributed by atoms with Gasteiger partial charge in [0.25, 0.3) is 5.92 Å². The summed E-state index contributed by atoms with van der Waals surface area (Å²) in [5.74, 6) is -2.89. The average Bonchev–Trinajstić information content (AvgIpc) is 2.46. The van der Waals surface area contributed by atoms with E-state index in [1.54, 1.807) is 19.1 Å². The molecule has 0 bridgehead atoms. The molecule has 1 rings (SSSR count). The molecular formula is C17H23F2NO. The summed E-state index contributed by atoms with van der Waals surface area (Å²) in [4.78, 5) is 4.23. The van der Waals surface area contributed by atoms with Crippen LogP contribution in [0.3, 0.4) is 0 Å². The van der Waals surface area contributed by atoms with Gasteiger partial charge in [-0.3, -0.25) is 4.99 Å². The zero-order chi connectivity index (χ0) is 16.0. The van der Waals surface area contributed by atoms with Gasteiger partial charge in [0, 0.05) is 6.92 Å². The molecule has 0 aliphatic carbocycles. The molecule has 21 heavy (non-hydrogen) atoms. The van der Waals surface area contributed by atoms with E-state index in [0.29, 0.717) is 5.71 Å². The molecule has 0 heterocycles. The molecule has 1 N–H and O–H groups in total. The predicted molar refractivity (Wildman–Crippen MR) is 82.7 cm³/mol. The number of aliphatic hydroxyl groups is 1. The molecule has 0 fully saturated rings. The molecule has 1 aromatic carbocycles. The summed E-state index contributed by atoms with van der Waals surface area (Å²) in [5, 5.41) is 9.07. The molecule has 0 aromatic heterocycles. The molecule has 0 radical (unpaired) electrons. The third kappa shape index (κ3) is 4.74. The Morgan fingerprint density at radius 3 is 2.29 bits per heavy atom. The van der Waals surface area contributed by atoms with Gasteiger partial charge >= 0.3 is 0 Å². The van der Waals surface area contributed by atoms with E-state index in [1.807, 2.05) is 26.0 Å². The highest BCUT2D eigenvalue weighted by molar-refractivity contribution is 6.02. The number of rotatable bonds is 6. The lowest BCUT2D eigenvalue weighted by molar-refractivity contribution is 0.0619. The molecular weight excluding hydrogens is 272 g/mol. The molecule has 1 unspecified atom stereocenters. The van der Waals surface area contributed by atoms with Gasteiger partial charge in [-0.1, -0.05) is 44.2 Å². The van der Waals surface area contributed by atoms with E-state index in [9.17, 15) is 8.78 Å². The normalized spacial score (nSPS) is 15.2. The Hall–Kier alpha value is -1.55. The van der Waals surface area contributed by atoms with Crippen molar-refractivity contribution in [1.82, 2.24) is 0 Å².